The topological polar surface area (TPSA) is 61.9 Å². The second kappa shape index (κ2) is 8.03. The third kappa shape index (κ3) is 4.16. The van der Waals surface area contributed by atoms with Crippen LogP contribution in [-0.2, 0) is 4.74 Å². The van der Waals surface area contributed by atoms with Gasteiger partial charge in [-0.1, -0.05) is 12.1 Å². The highest BCUT2D eigenvalue weighted by molar-refractivity contribution is 6.00. The number of rotatable bonds is 3. The van der Waals surface area contributed by atoms with E-state index in [-0.39, 0.29) is 11.6 Å². The number of nitrogens with zero attached hydrogens (tertiary/aromatic N) is 2. The van der Waals surface area contributed by atoms with Crippen molar-refractivity contribution >= 4 is 23.4 Å². The van der Waals surface area contributed by atoms with Crippen molar-refractivity contribution in [1.82, 2.24) is 4.90 Å². The second-order valence-electron chi connectivity index (χ2n) is 6.04. The Morgan fingerprint density at radius 2 is 1.74 bits per heavy atom. The number of benzene rings is 2. The van der Waals surface area contributed by atoms with E-state index in [1.165, 1.54) is 19.2 Å². The third-order valence-corrected chi connectivity index (χ3v) is 4.39. The SMILES string of the molecule is COC(=O)c1ccccc1NC(=O)N1CCN(c2ccc(F)cc2F)CC1. The molecule has 0 aliphatic carbocycles. The van der Waals surface area contributed by atoms with Crippen molar-refractivity contribution < 1.29 is 23.1 Å². The predicted octanol–water partition coefficient (Wildman–Crippen LogP) is 3.11. The monoisotopic (exact) mass is 375 g/mol. The first-order valence-electron chi connectivity index (χ1n) is 8.43. The van der Waals surface area contributed by atoms with Gasteiger partial charge in [-0.3, -0.25) is 0 Å². The Morgan fingerprint density at radius 1 is 1.04 bits per heavy atom. The van der Waals surface area contributed by atoms with E-state index in [0.717, 1.165) is 6.07 Å². The largest absolute Gasteiger partial charge is 0.465 e. The number of hydrogen-bond donors (Lipinski definition) is 1. The van der Waals surface area contributed by atoms with Crippen molar-refractivity contribution in [3.63, 3.8) is 0 Å². The number of methoxy groups -OCH3 is 1. The quantitative estimate of drug-likeness (QED) is 0.838. The van der Waals surface area contributed by atoms with Gasteiger partial charge in [-0.2, -0.15) is 0 Å². The number of carbonyl (C=O) groups is 2. The molecule has 0 atom stereocenters. The number of esters is 1. The van der Waals surface area contributed by atoms with Crippen LogP contribution in [0.2, 0.25) is 0 Å². The minimum absolute atomic E-state index is 0.264. The fourth-order valence-corrected chi connectivity index (χ4v) is 2.96. The Hall–Kier alpha value is -3.16. The highest BCUT2D eigenvalue weighted by atomic mass is 19.1. The summed E-state index contributed by atoms with van der Waals surface area (Å²) < 4.78 is 31.7. The molecule has 0 unspecified atom stereocenters. The zero-order valence-corrected chi connectivity index (χ0v) is 14.7. The van der Waals surface area contributed by atoms with Crippen LogP contribution in [0.25, 0.3) is 0 Å². The number of piperazine rings is 1. The van der Waals surface area contributed by atoms with Crippen LogP contribution in [0.4, 0.5) is 25.0 Å². The van der Waals surface area contributed by atoms with E-state index in [9.17, 15) is 18.4 Å². The Kier molecular flexibility index (Phi) is 5.54. The Morgan fingerprint density at radius 3 is 2.41 bits per heavy atom. The molecule has 1 N–H and O–H groups in total. The molecule has 8 heteroatoms. The lowest BCUT2D eigenvalue weighted by Crippen LogP contribution is -2.50. The van der Waals surface area contributed by atoms with E-state index in [0.29, 0.717) is 37.6 Å². The van der Waals surface area contributed by atoms with E-state index in [1.807, 2.05) is 0 Å². The summed E-state index contributed by atoms with van der Waals surface area (Å²) in [7, 11) is 1.27. The van der Waals surface area contributed by atoms with Crippen LogP contribution in [0.15, 0.2) is 42.5 Å². The first-order valence-corrected chi connectivity index (χ1v) is 8.43. The first kappa shape index (κ1) is 18.6. The zero-order chi connectivity index (χ0) is 19.4. The molecule has 0 saturated carbocycles. The van der Waals surface area contributed by atoms with Gasteiger partial charge in [-0.05, 0) is 24.3 Å². The minimum atomic E-state index is -0.626. The second-order valence-corrected chi connectivity index (χ2v) is 6.04. The molecule has 2 aromatic rings. The van der Waals surface area contributed by atoms with Crippen molar-refractivity contribution in [2.24, 2.45) is 0 Å². The highest BCUT2D eigenvalue weighted by Gasteiger charge is 2.24. The van der Waals surface area contributed by atoms with Gasteiger partial charge in [0.2, 0.25) is 0 Å². The number of hydrogen-bond acceptors (Lipinski definition) is 4. The lowest BCUT2D eigenvalue weighted by molar-refractivity contribution is 0.0602. The third-order valence-electron chi connectivity index (χ3n) is 4.39. The van der Waals surface area contributed by atoms with Gasteiger partial charge >= 0.3 is 12.0 Å². The number of nitrogens with one attached hydrogen (secondary N) is 1. The molecule has 6 nitrogen and oxygen atoms in total. The normalized spacial score (nSPS) is 14.0. The Balaban J connectivity index is 1.63. The molecule has 1 aliphatic rings. The fraction of sp³-hybridized carbons (Fsp3) is 0.263. The standard InChI is InChI=1S/C19H19F2N3O3/c1-27-18(25)14-4-2-3-5-16(14)22-19(26)24-10-8-23(9-11-24)17-7-6-13(20)12-15(17)21/h2-7,12H,8-11H2,1H3,(H,22,26). The molecule has 0 radical (unpaired) electrons. The lowest BCUT2D eigenvalue weighted by atomic mass is 10.2. The number of urea groups is 1. The van der Waals surface area contributed by atoms with Crippen LogP contribution in [-0.4, -0.2) is 50.2 Å². The molecule has 1 saturated heterocycles. The number of amides is 2. The van der Waals surface area contributed by atoms with Gasteiger partial charge in [0.1, 0.15) is 11.6 Å². The molecule has 0 aromatic heterocycles. The van der Waals surface area contributed by atoms with Crippen molar-refractivity contribution in [1.29, 1.82) is 0 Å². The van der Waals surface area contributed by atoms with Crippen LogP contribution >= 0.6 is 0 Å². The smallest absolute Gasteiger partial charge is 0.339 e. The molecular formula is C19H19F2N3O3. The first-order chi connectivity index (χ1) is 13.0. The highest BCUT2D eigenvalue weighted by Crippen LogP contribution is 2.22. The van der Waals surface area contributed by atoms with Gasteiger partial charge in [0.15, 0.2) is 0 Å². The summed E-state index contributed by atoms with van der Waals surface area (Å²) in [5.74, 6) is -1.79. The number of halogens is 2. The van der Waals surface area contributed by atoms with E-state index in [4.69, 9.17) is 4.74 Å². The lowest BCUT2D eigenvalue weighted by Gasteiger charge is -2.36. The molecule has 27 heavy (non-hydrogen) atoms. The maximum atomic E-state index is 13.9. The molecule has 2 amide bonds. The van der Waals surface area contributed by atoms with Crippen molar-refractivity contribution in [2.45, 2.75) is 0 Å². The molecular weight excluding hydrogens is 356 g/mol. The Bertz CT molecular complexity index is 852. The fourth-order valence-electron chi connectivity index (χ4n) is 2.96. The van der Waals surface area contributed by atoms with Crippen LogP contribution < -0.4 is 10.2 Å². The molecule has 3 rings (SSSR count). The number of para-hydroxylation sites is 1. The van der Waals surface area contributed by atoms with E-state index < -0.39 is 17.6 Å². The van der Waals surface area contributed by atoms with Crippen LogP contribution in [0.5, 0.6) is 0 Å². The number of anilines is 2. The van der Waals surface area contributed by atoms with Crippen LogP contribution in [0.3, 0.4) is 0 Å². The number of carbonyl (C=O) groups excluding carboxylic acids is 2. The molecule has 0 spiro atoms. The molecule has 1 fully saturated rings. The molecule has 1 aliphatic heterocycles. The summed E-state index contributed by atoms with van der Waals surface area (Å²) in [6, 6.07) is 9.66. The predicted molar refractivity (Wildman–Crippen MR) is 96.9 cm³/mol. The Labute approximate surface area is 155 Å². The van der Waals surface area contributed by atoms with Gasteiger partial charge < -0.3 is 19.9 Å². The van der Waals surface area contributed by atoms with Crippen molar-refractivity contribution in [2.75, 3.05) is 43.5 Å². The van der Waals surface area contributed by atoms with E-state index >= 15 is 0 Å². The summed E-state index contributed by atoms with van der Waals surface area (Å²) in [5, 5.41) is 2.71. The summed E-state index contributed by atoms with van der Waals surface area (Å²) in [6.45, 7) is 1.55. The summed E-state index contributed by atoms with van der Waals surface area (Å²) in [6.07, 6.45) is 0. The maximum absolute atomic E-state index is 13.9. The van der Waals surface area contributed by atoms with Gasteiger partial charge in [0.05, 0.1) is 24.0 Å². The zero-order valence-electron chi connectivity index (χ0n) is 14.7. The molecule has 1 heterocycles. The molecule has 0 bridgehead atoms. The summed E-state index contributed by atoms with van der Waals surface area (Å²) >= 11 is 0. The number of ether oxygens (including phenoxy) is 1. The van der Waals surface area contributed by atoms with Gasteiger partial charge in [-0.15, -0.1) is 0 Å². The van der Waals surface area contributed by atoms with Crippen molar-refractivity contribution in [3.05, 3.63) is 59.7 Å². The van der Waals surface area contributed by atoms with Crippen molar-refractivity contribution in [3.8, 4) is 0 Å². The summed E-state index contributed by atoms with van der Waals surface area (Å²) in [5.41, 5.74) is 0.939. The molecule has 142 valence electrons. The minimum Gasteiger partial charge on any atom is -0.465 e. The van der Waals surface area contributed by atoms with Crippen LogP contribution in [0, 0.1) is 11.6 Å². The average molecular weight is 375 g/mol. The van der Waals surface area contributed by atoms with Crippen LogP contribution in [0.1, 0.15) is 10.4 Å². The molecule has 2 aromatic carbocycles. The summed E-state index contributed by atoms with van der Waals surface area (Å²) in [4.78, 5) is 27.6. The van der Waals surface area contributed by atoms with Gasteiger partial charge in [-0.25, -0.2) is 18.4 Å². The average Bonchev–Trinajstić information content (AvgIpc) is 2.68. The van der Waals surface area contributed by atoms with E-state index in [1.54, 1.807) is 34.1 Å². The van der Waals surface area contributed by atoms with Gasteiger partial charge in [0.25, 0.3) is 0 Å². The van der Waals surface area contributed by atoms with E-state index in [2.05, 4.69) is 5.32 Å². The van der Waals surface area contributed by atoms with Gasteiger partial charge in [0, 0.05) is 32.2 Å². The maximum Gasteiger partial charge on any atom is 0.339 e.